The Morgan fingerprint density at radius 3 is 2.75 bits per heavy atom. The zero-order valence-corrected chi connectivity index (χ0v) is 16.5. The third kappa shape index (κ3) is 7.55. The lowest BCUT2D eigenvalue weighted by molar-refractivity contribution is -0.143. The smallest absolute Gasteiger partial charge is 0.305 e. The zero-order chi connectivity index (χ0) is 20.4. The van der Waals surface area contributed by atoms with Gasteiger partial charge in [0.2, 0.25) is 5.91 Å². The number of nitrogens with zero attached hydrogens (tertiary/aromatic N) is 2. The van der Waals surface area contributed by atoms with Crippen LogP contribution in [-0.2, 0) is 14.3 Å². The van der Waals surface area contributed by atoms with E-state index < -0.39 is 6.10 Å². The van der Waals surface area contributed by atoms with Crippen molar-refractivity contribution in [2.45, 2.75) is 38.0 Å². The number of nitrogens with one attached hydrogen (secondary N) is 1. The largest absolute Gasteiger partial charge is 0.481 e. The average molecular weight is 411 g/mol. The molecule has 1 unspecified atom stereocenters. The van der Waals surface area contributed by atoms with E-state index in [-0.39, 0.29) is 41.0 Å². The molecule has 10 heteroatoms. The molecule has 1 aromatic carbocycles. The minimum Gasteiger partial charge on any atom is -0.481 e. The first-order valence-electron chi connectivity index (χ1n) is 8.78. The van der Waals surface area contributed by atoms with Gasteiger partial charge >= 0.3 is 5.97 Å². The first-order chi connectivity index (χ1) is 13.5. The molecule has 2 aromatic rings. The molecule has 0 radical (unpaired) electrons. The monoisotopic (exact) mass is 411 g/mol. The van der Waals surface area contributed by atoms with Crippen LogP contribution >= 0.6 is 11.8 Å². The van der Waals surface area contributed by atoms with Gasteiger partial charge in [0.25, 0.3) is 11.1 Å². The molecular weight excluding hydrogens is 389 g/mol. The first kappa shape index (κ1) is 21.7. The Balaban J connectivity index is 1.69. The second-order valence-electron chi connectivity index (χ2n) is 5.67. The third-order valence-electron chi connectivity index (χ3n) is 3.41. The van der Waals surface area contributed by atoms with Crippen LogP contribution in [0, 0.1) is 5.82 Å². The zero-order valence-electron chi connectivity index (χ0n) is 15.6. The number of halogens is 1. The van der Waals surface area contributed by atoms with Crippen molar-refractivity contribution in [3.05, 3.63) is 36.0 Å². The van der Waals surface area contributed by atoms with Crippen molar-refractivity contribution in [1.82, 2.24) is 15.5 Å². The highest BCUT2D eigenvalue weighted by atomic mass is 32.2. The molecule has 152 valence electrons. The van der Waals surface area contributed by atoms with Crippen LogP contribution in [0.2, 0.25) is 0 Å². The third-order valence-corrected chi connectivity index (χ3v) is 4.23. The summed E-state index contributed by atoms with van der Waals surface area (Å²) in [6, 6.07) is 5.60. The number of benzene rings is 1. The standard InChI is InChI=1S/C18H22FN3O5S/c1-3-25-16(24)5-4-10-20-15(23)11-28-18-22-21-17(27-18)12(2)26-14-8-6-13(19)7-9-14/h6-9,12H,3-5,10-11H2,1-2H3,(H,20,23). The molecular formula is C18H22FN3O5S. The first-order valence-corrected chi connectivity index (χ1v) is 9.77. The molecule has 1 N–H and O–H groups in total. The lowest BCUT2D eigenvalue weighted by atomic mass is 10.3. The van der Waals surface area contributed by atoms with Crippen LogP contribution in [0.3, 0.4) is 0 Å². The topological polar surface area (TPSA) is 104 Å². The summed E-state index contributed by atoms with van der Waals surface area (Å²) in [6.45, 7) is 4.20. The van der Waals surface area contributed by atoms with E-state index in [9.17, 15) is 14.0 Å². The molecule has 0 aliphatic heterocycles. The van der Waals surface area contributed by atoms with Crippen molar-refractivity contribution >= 4 is 23.6 Å². The summed E-state index contributed by atoms with van der Waals surface area (Å²) < 4.78 is 28.8. The molecule has 0 aliphatic rings. The van der Waals surface area contributed by atoms with Gasteiger partial charge in [-0.3, -0.25) is 9.59 Å². The van der Waals surface area contributed by atoms with Crippen molar-refractivity contribution < 1.29 is 27.9 Å². The number of hydrogen-bond acceptors (Lipinski definition) is 8. The Morgan fingerprint density at radius 2 is 2.04 bits per heavy atom. The minimum atomic E-state index is -0.524. The van der Waals surface area contributed by atoms with E-state index in [0.29, 0.717) is 25.3 Å². The lowest BCUT2D eigenvalue weighted by Crippen LogP contribution is -2.26. The van der Waals surface area contributed by atoms with Crippen molar-refractivity contribution in [2.75, 3.05) is 18.9 Å². The molecule has 1 aromatic heterocycles. The second-order valence-corrected chi connectivity index (χ2v) is 6.59. The summed E-state index contributed by atoms with van der Waals surface area (Å²) in [6.07, 6.45) is 0.252. The number of thioether (sulfide) groups is 1. The fraction of sp³-hybridized carbons (Fsp3) is 0.444. The number of carbonyl (C=O) groups is 2. The summed E-state index contributed by atoms with van der Waals surface area (Å²) >= 11 is 1.10. The molecule has 0 spiro atoms. The lowest BCUT2D eigenvalue weighted by Gasteiger charge is -2.10. The van der Waals surface area contributed by atoms with Crippen molar-refractivity contribution in [2.24, 2.45) is 0 Å². The fourth-order valence-electron chi connectivity index (χ4n) is 2.08. The Labute approximate surface area is 166 Å². The van der Waals surface area contributed by atoms with Gasteiger partial charge in [-0.2, -0.15) is 0 Å². The van der Waals surface area contributed by atoms with Crippen molar-refractivity contribution in [1.29, 1.82) is 0 Å². The van der Waals surface area contributed by atoms with Gasteiger partial charge in [-0.25, -0.2) is 4.39 Å². The van der Waals surface area contributed by atoms with Crippen LogP contribution in [0.4, 0.5) is 4.39 Å². The number of carbonyl (C=O) groups excluding carboxylic acids is 2. The maximum Gasteiger partial charge on any atom is 0.305 e. The predicted molar refractivity (Wildman–Crippen MR) is 99.3 cm³/mol. The van der Waals surface area contributed by atoms with E-state index in [2.05, 4.69) is 15.5 Å². The summed E-state index contributed by atoms with van der Waals surface area (Å²) in [5.74, 6) is 0.000328. The number of ether oxygens (including phenoxy) is 2. The number of esters is 1. The summed E-state index contributed by atoms with van der Waals surface area (Å²) in [7, 11) is 0. The maximum absolute atomic E-state index is 12.9. The molecule has 0 fully saturated rings. The SMILES string of the molecule is CCOC(=O)CCCNC(=O)CSc1nnc(C(C)Oc2ccc(F)cc2)o1. The van der Waals surface area contributed by atoms with E-state index in [4.69, 9.17) is 13.9 Å². The number of amides is 1. The van der Waals surface area contributed by atoms with Crippen LogP contribution in [-0.4, -0.2) is 41.0 Å². The Bertz CT molecular complexity index is 769. The predicted octanol–water partition coefficient (Wildman–Crippen LogP) is 2.90. The molecule has 2 rings (SSSR count). The molecule has 28 heavy (non-hydrogen) atoms. The Kier molecular flexibility index (Phi) is 8.73. The molecule has 1 atom stereocenters. The number of aromatic nitrogens is 2. The van der Waals surface area contributed by atoms with E-state index >= 15 is 0 Å². The molecule has 1 heterocycles. The summed E-state index contributed by atoms with van der Waals surface area (Å²) in [4.78, 5) is 23.0. The van der Waals surface area contributed by atoms with E-state index in [1.807, 2.05) is 0 Å². The fourth-order valence-corrected chi connectivity index (χ4v) is 2.68. The van der Waals surface area contributed by atoms with Gasteiger partial charge in [0, 0.05) is 13.0 Å². The average Bonchev–Trinajstić information content (AvgIpc) is 3.15. The van der Waals surface area contributed by atoms with E-state index in [1.54, 1.807) is 13.8 Å². The highest BCUT2D eigenvalue weighted by Gasteiger charge is 2.17. The van der Waals surface area contributed by atoms with Gasteiger partial charge in [0.15, 0.2) is 6.10 Å². The molecule has 0 bridgehead atoms. The van der Waals surface area contributed by atoms with Crippen LogP contribution < -0.4 is 10.1 Å². The van der Waals surface area contributed by atoms with Crippen LogP contribution in [0.5, 0.6) is 5.75 Å². The van der Waals surface area contributed by atoms with Crippen LogP contribution in [0.25, 0.3) is 0 Å². The summed E-state index contributed by atoms with van der Waals surface area (Å²) in [5.41, 5.74) is 0. The molecule has 8 nitrogen and oxygen atoms in total. The molecule has 0 aliphatic carbocycles. The molecule has 0 saturated carbocycles. The van der Waals surface area contributed by atoms with Crippen LogP contribution in [0.15, 0.2) is 33.9 Å². The van der Waals surface area contributed by atoms with Gasteiger partial charge in [0.1, 0.15) is 11.6 Å². The maximum atomic E-state index is 12.9. The second kappa shape index (κ2) is 11.3. The molecule has 1 amide bonds. The number of hydrogen-bond donors (Lipinski definition) is 1. The van der Waals surface area contributed by atoms with Crippen LogP contribution in [0.1, 0.15) is 38.7 Å². The quantitative estimate of drug-likeness (QED) is 0.342. The highest BCUT2D eigenvalue weighted by Crippen LogP contribution is 2.24. The van der Waals surface area contributed by atoms with Gasteiger partial charge < -0.3 is 19.2 Å². The van der Waals surface area contributed by atoms with Gasteiger partial charge in [-0.1, -0.05) is 11.8 Å². The van der Waals surface area contributed by atoms with E-state index in [1.165, 1.54) is 24.3 Å². The Hall–Kier alpha value is -2.62. The highest BCUT2D eigenvalue weighted by molar-refractivity contribution is 7.99. The normalized spacial score (nSPS) is 11.7. The number of rotatable bonds is 11. The molecule has 0 saturated heterocycles. The van der Waals surface area contributed by atoms with Gasteiger partial charge in [-0.15, -0.1) is 10.2 Å². The summed E-state index contributed by atoms with van der Waals surface area (Å²) in [5, 5.41) is 10.7. The minimum absolute atomic E-state index is 0.105. The Morgan fingerprint density at radius 1 is 1.29 bits per heavy atom. The van der Waals surface area contributed by atoms with Crippen molar-refractivity contribution in [3.63, 3.8) is 0 Å². The van der Waals surface area contributed by atoms with Gasteiger partial charge in [0.05, 0.1) is 12.4 Å². The van der Waals surface area contributed by atoms with Crippen molar-refractivity contribution in [3.8, 4) is 5.75 Å². The van der Waals surface area contributed by atoms with Gasteiger partial charge in [-0.05, 0) is 44.5 Å². The van der Waals surface area contributed by atoms with E-state index in [0.717, 1.165) is 11.8 Å².